The van der Waals surface area contributed by atoms with Crippen LogP contribution in [0.3, 0.4) is 0 Å². The second-order valence-electron chi connectivity index (χ2n) is 6.78. The van der Waals surface area contributed by atoms with Gasteiger partial charge in [-0.1, -0.05) is 18.2 Å². The molecule has 1 aromatic heterocycles. The lowest BCUT2D eigenvalue weighted by atomic mass is 9.79. The average molecular weight is 379 g/mol. The van der Waals surface area contributed by atoms with Gasteiger partial charge in [-0.3, -0.25) is 4.79 Å². The highest BCUT2D eigenvalue weighted by molar-refractivity contribution is 5.92. The number of methoxy groups -OCH3 is 1. The van der Waals surface area contributed by atoms with Gasteiger partial charge in [0.05, 0.1) is 12.3 Å². The van der Waals surface area contributed by atoms with E-state index in [-0.39, 0.29) is 23.7 Å². The molecule has 1 amide bonds. The molecule has 3 rings (SSSR count). The Morgan fingerprint density at radius 2 is 2.00 bits per heavy atom. The minimum absolute atomic E-state index is 0. The van der Waals surface area contributed by atoms with Gasteiger partial charge in [-0.05, 0) is 51.1 Å². The van der Waals surface area contributed by atoms with Gasteiger partial charge in [-0.2, -0.15) is 5.10 Å². The summed E-state index contributed by atoms with van der Waals surface area (Å²) in [5.41, 5.74) is 2.34. The van der Waals surface area contributed by atoms with Gasteiger partial charge in [-0.15, -0.1) is 12.4 Å². The Labute approximate surface area is 160 Å². The number of hydrogen-bond acceptors (Lipinski definition) is 4. The molecule has 6 nitrogen and oxygen atoms in total. The van der Waals surface area contributed by atoms with Crippen LogP contribution in [-0.4, -0.2) is 49.0 Å². The minimum Gasteiger partial charge on any atom is -0.384 e. The number of aryl methyl sites for hydroxylation is 1. The van der Waals surface area contributed by atoms with E-state index in [1.165, 1.54) is 0 Å². The van der Waals surface area contributed by atoms with Crippen molar-refractivity contribution >= 4 is 18.3 Å². The summed E-state index contributed by atoms with van der Waals surface area (Å²) < 4.78 is 7.20. The van der Waals surface area contributed by atoms with Crippen molar-refractivity contribution in [3.05, 3.63) is 47.8 Å². The van der Waals surface area contributed by atoms with Gasteiger partial charge in [0, 0.05) is 24.8 Å². The summed E-state index contributed by atoms with van der Waals surface area (Å²) in [6, 6.07) is 11.7. The molecule has 0 saturated carbocycles. The second kappa shape index (κ2) is 9.16. The lowest BCUT2D eigenvalue weighted by molar-refractivity contribution is 0.0510. The van der Waals surface area contributed by atoms with Gasteiger partial charge >= 0.3 is 0 Å². The maximum atomic E-state index is 12.6. The summed E-state index contributed by atoms with van der Waals surface area (Å²) >= 11 is 0. The first-order valence-electron chi connectivity index (χ1n) is 8.73. The number of carbonyl (C=O) groups is 1. The molecule has 142 valence electrons. The topological polar surface area (TPSA) is 68.2 Å². The summed E-state index contributed by atoms with van der Waals surface area (Å²) in [5, 5.41) is 10.9. The lowest BCUT2D eigenvalue weighted by Gasteiger charge is -2.37. The van der Waals surface area contributed by atoms with Gasteiger partial charge in [0.15, 0.2) is 5.69 Å². The van der Waals surface area contributed by atoms with Crippen LogP contribution in [0.5, 0.6) is 0 Å². The summed E-state index contributed by atoms with van der Waals surface area (Å²) in [7, 11) is 1.72. The van der Waals surface area contributed by atoms with Gasteiger partial charge in [0.1, 0.15) is 0 Å². The maximum absolute atomic E-state index is 12.6. The van der Waals surface area contributed by atoms with Crippen molar-refractivity contribution in [2.45, 2.75) is 19.8 Å². The number of benzene rings is 1. The highest BCUT2D eigenvalue weighted by Crippen LogP contribution is 2.28. The largest absolute Gasteiger partial charge is 0.384 e. The van der Waals surface area contributed by atoms with Crippen molar-refractivity contribution in [3.8, 4) is 5.69 Å². The van der Waals surface area contributed by atoms with E-state index < -0.39 is 0 Å². The summed E-state index contributed by atoms with van der Waals surface area (Å²) in [5.74, 6) is -0.133. The quantitative estimate of drug-likeness (QED) is 0.809. The molecular formula is C19H27ClN4O2. The molecule has 2 aromatic rings. The fraction of sp³-hybridized carbons (Fsp3) is 0.474. The molecule has 26 heavy (non-hydrogen) atoms. The second-order valence-corrected chi connectivity index (χ2v) is 6.78. The Morgan fingerprint density at radius 1 is 1.31 bits per heavy atom. The first-order chi connectivity index (χ1) is 12.1. The number of ether oxygens (including phenoxy) is 1. The SMILES string of the molecule is COCC1(CNC(=O)c2cc(C)n(-c3ccccc3)n2)CCNCC1.Cl. The van der Waals surface area contributed by atoms with E-state index in [0.29, 0.717) is 18.8 Å². The van der Waals surface area contributed by atoms with E-state index in [9.17, 15) is 4.79 Å². The molecule has 1 aromatic carbocycles. The highest BCUT2D eigenvalue weighted by Gasteiger charge is 2.32. The monoisotopic (exact) mass is 378 g/mol. The van der Waals surface area contributed by atoms with E-state index in [0.717, 1.165) is 37.3 Å². The van der Waals surface area contributed by atoms with Crippen LogP contribution in [0, 0.1) is 12.3 Å². The van der Waals surface area contributed by atoms with Gasteiger partial charge in [-0.25, -0.2) is 4.68 Å². The number of carbonyl (C=O) groups excluding carboxylic acids is 1. The third-order valence-corrected chi connectivity index (χ3v) is 4.86. The molecule has 2 N–H and O–H groups in total. The molecule has 0 spiro atoms. The zero-order valence-corrected chi connectivity index (χ0v) is 16.1. The van der Waals surface area contributed by atoms with Crippen LogP contribution in [0.25, 0.3) is 5.69 Å². The van der Waals surface area contributed by atoms with Crippen molar-refractivity contribution in [2.75, 3.05) is 33.4 Å². The van der Waals surface area contributed by atoms with Crippen LogP contribution in [0.1, 0.15) is 29.0 Å². The number of para-hydroxylation sites is 1. The lowest BCUT2D eigenvalue weighted by Crippen LogP contribution is -2.47. The van der Waals surface area contributed by atoms with Crippen LogP contribution < -0.4 is 10.6 Å². The number of amides is 1. The Morgan fingerprint density at radius 3 is 2.65 bits per heavy atom. The molecule has 2 heterocycles. The van der Waals surface area contributed by atoms with Gasteiger partial charge in [0.25, 0.3) is 5.91 Å². The van der Waals surface area contributed by atoms with E-state index >= 15 is 0 Å². The zero-order valence-electron chi connectivity index (χ0n) is 15.3. The third-order valence-electron chi connectivity index (χ3n) is 4.86. The van der Waals surface area contributed by atoms with Crippen LogP contribution >= 0.6 is 12.4 Å². The number of piperidine rings is 1. The molecule has 0 radical (unpaired) electrons. The number of nitrogens with zero attached hydrogens (tertiary/aromatic N) is 2. The van der Waals surface area contributed by atoms with E-state index in [4.69, 9.17) is 4.74 Å². The summed E-state index contributed by atoms with van der Waals surface area (Å²) in [6.07, 6.45) is 2.00. The van der Waals surface area contributed by atoms with E-state index in [1.807, 2.05) is 43.3 Å². The molecule has 1 fully saturated rings. The van der Waals surface area contributed by atoms with Crippen LogP contribution in [0.4, 0.5) is 0 Å². The molecule has 0 bridgehead atoms. The van der Waals surface area contributed by atoms with Crippen molar-refractivity contribution < 1.29 is 9.53 Å². The van der Waals surface area contributed by atoms with E-state index in [2.05, 4.69) is 15.7 Å². The zero-order chi connectivity index (χ0) is 17.7. The summed E-state index contributed by atoms with van der Waals surface area (Å²) in [6.45, 7) is 5.14. The minimum atomic E-state index is -0.133. The van der Waals surface area contributed by atoms with Gasteiger partial charge in [0.2, 0.25) is 0 Å². The van der Waals surface area contributed by atoms with Crippen molar-refractivity contribution in [1.82, 2.24) is 20.4 Å². The molecule has 0 atom stereocenters. The average Bonchev–Trinajstić information content (AvgIpc) is 3.03. The van der Waals surface area contributed by atoms with Crippen molar-refractivity contribution in [2.24, 2.45) is 5.41 Å². The predicted molar refractivity (Wildman–Crippen MR) is 104 cm³/mol. The molecule has 0 aliphatic carbocycles. The molecule has 1 aliphatic heterocycles. The standard InChI is InChI=1S/C19H26N4O2.ClH/c1-15-12-17(22-23(15)16-6-4-3-5-7-16)18(24)21-13-19(14-25-2)8-10-20-11-9-19;/h3-7,12,20H,8-11,13-14H2,1-2H3,(H,21,24);1H. The van der Waals surface area contributed by atoms with Crippen LogP contribution in [0.15, 0.2) is 36.4 Å². The van der Waals surface area contributed by atoms with Gasteiger partial charge < -0.3 is 15.4 Å². The number of aromatic nitrogens is 2. The number of nitrogens with one attached hydrogen (secondary N) is 2. The Balaban J connectivity index is 0.00000243. The molecule has 0 unspecified atom stereocenters. The fourth-order valence-electron chi connectivity index (χ4n) is 3.41. The van der Waals surface area contributed by atoms with E-state index in [1.54, 1.807) is 11.8 Å². The first-order valence-corrected chi connectivity index (χ1v) is 8.73. The third kappa shape index (κ3) is 4.63. The molecule has 7 heteroatoms. The Kier molecular flexibility index (Phi) is 7.20. The predicted octanol–water partition coefficient (Wildman–Crippen LogP) is 2.35. The smallest absolute Gasteiger partial charge is 0.271 e. The maximum Gasteiger partial charge on any atom is 0.271 e. The van der Waals surface area contributed by atoms with Crippen LogP contribution in [-0.2, 0) is 4.74 Å². The number of rotatable bonds is 6. The van der Waals surface area contributed by atoms with Crippen molar-refractivity contribution in [1.29, 1.82) is 0 Å². The first kappa shape index (κ1) is 20.4. The normalized spacial score (nSPS) is 15.9. The Hall–Kier alpha value is -1.89. The molecule has 1 saturated heterocycles. The van der Waals surface area contributed by atoms with Crippen molar-refractivity contribution in [3.63, 3.8) is 0 Å². The Bertz CT molecular complexity index is 706. The molecule has 1 aliphatic rings. The number of halogens is 1. The highest BCUT2D eigenvalue weighted by atomic mass is 35.5. The fourth-order valence-corrected chi connectivity index (χ4v) is 3.41. The summed E-state index contributed by atoms with van der Waals surface area (Å²) in [4.78, 5) is 12.6. The molecular weight excluding hydrogens is 352 g/mol. The van der Waals surface area contributed by atoms with Crippen LogP contribution in [0.2, 0.25) is 0 Å². The number of hydrogen-bond donors (Lipinski definition) is 2.